The summed E-state index contributed by atoms with van der Waals surface area (Å²) in [6, 6.07) is 13.4. The summed E-state index contributed by atoms with van der Waals surface area (Å²) in [5.41, 5.74) is 4.54. The first kappa shape index (κ1) is 28.5. The largest absolute Gasteiger partial charge is 0.493 e. The lowest BCUT2D eigenvalue weighted by Crippen LogP contribution is -2.38. The molecule has 1 amide bonds. The summed E-state index contributed by atoms with van der Waals surface area (Å²) in [6.07, 6.45) is 0.0840. The molecule has 214 valence electrons. The molecule has 2 aromatic heterocycles. The summed E-state index contributed by atoms with van der Waals surface area (Å²) in [7, 11) is 3.16. The Bertz CT molecular complexity index is 1580. The van der Waals surface area contributed by atoms with E-state index in [0.29, 0.717) is 46.9 Å². The lowest BCUT2D eigenvalue weighted by molar-refractivity contribution is -0.124. The molecule has 0 saturated carbocycles. The van der Waals surface area contributed by atoms with Gasteiger partial charge >= 0.3 is 5.97 Å². The second kappa shape index (κ2) is 12.2. The number of ether oxygens (including phenoxy) is 3. The fourth-order valence-electron chi connectivity index (χ4n) is 5.04. The van der Waals surface area contributed by atoms with Crippen molar-refractivity contribution in [3.8, 4) is 22.8 Å². The zero-order valence-corrected chi connectivity index (χ0v) is 24.7. The third kappa shape index (κ3) is 5.89. The Morgan fingerprint density at radius 2 is 1.85 bits per heavy atom. The molecule has 9 nitrogen and oxygen atoms in total. The van der Waals surface area contributed by atoms with Gasteiger partial charge in [0.1, 0.15) is 0 Å². The quantitative estimate of drug-likeness (QED) is 0.254. The SMILES string of the molecule is CCC(OC(=O)c1c2c(nc3ccccc13)CCN(C(C)C)C2)C(=O)Nc1nc(-c2ccc(OC)c(OC)c2)cs1. The van der Waals surface area contributed by atoms with E-state index in [0.717, 1.165) is 40.7 Å². The van der Waals surface area contributed by atoms with Crippen molar-refractivity contribution < 1.29 is 23.8 Å². The Kier molecular flexibility index (Phi) is 8.51. The van der Waals surface area contributed by atoms with Crippen molar-refractivity contribution in [3.05, 3.63) is 64.7 Å². The van der Waals surface area contributed by atoms with Crippen molar-refractivity contribution in [2.75, 3.05) is 26.1 Å². The fraction of sp³-hybridized carbons (Fsp3) is 0.355. The van der Waals surface area contributed by atoms with E-state index in [9.17, 15) is 9.59 Å². The highest BCUT2D eigenvalue weighted by Gasteiger charge is 2.30. The van der Waals surface area contributed by atoms with E-state index >= 15 is 0 Å². The van der Waals surface area contributed by atoms with E-state index in [2.05, 4.69) is 29.0 Å². The van der Waals surface area contributed by atoms with Crippen LogP contribution in [0.3, 0.4) is 0 Å². The van der Waals surface area contributed by atoms with Gasteiger partial charge in [-0.3, -0.25) is 20.0 Å². The maximum Gasteiger partial charge on any atom is 0.340 e. The van der Waals surface area contributed by atoms with Crippen LogP contribution in [0.5, 0.6) is 11.5 Å². The average molecular weight is 575 g/mol. The predicted octanol–water partition coefficient (Wildman–Crippen LogP) is 5.72. The third-order valence-corrected chi connectivity index (χ3v) is 8.09. The molecule has 0 saturated heterocycles. The number of hydrogen-bond donors (Lipinski definition) is 1. The van der Waals surface area contributed by atoms with Crippen LogP contribution in [0.15, 0.2) is 47.8 Å². The van der Waals surface area contributed by atoms with Crippen molar-refractivity contribution in [3.63, 3.8) is 0 Å². The van der Waals surface area contributed by atoms with Gasteiger partial charge in [-0.05, 0) is 44.5 Å². The molecule has 3 heterocycles. The Hall–Kier alpha value is -4.02. The number of thiazole rings is 1. The second-order valence-electron chi connectivity index (χ2n) is 10.1. The van der Waals surface area contributed by atoms with Gasteiger partial charge < -0.3 is 14.2 Å². The molecule has 1 N–H and O–H groups in total. The number of para-hydroxylation sites is 1. The van der Waals surface area contributed by atoms with Gasteiger partial charge in [-0.15, -0.1) is 11.3 Å². The van der Waals surface area contributed by atoms with Gasteiger partial charge in [-0.2, -0.15) is 0 Å². The van der Waals surface area contributed by atoms with Crippen LogP contribution in [0.1, 0.15) is 48.8 Å². The molecule has 1 aliphatic rings. The standard InChI is InChI=1S/C31H34N4O5S/c1-6-25(29(36)34-31-33-24(17-41-31)19-11-12-26(38-4)27(15-19)39-5)40-30(37)28-20-9-7-8-10-22(20)32-23-13-14-35(18(2)3)16-21(23)28/h7-12,15,17-18,25H,6,13-14,16H2,1-5H3,(H,33,34,36). The lowest BCUT2D eigenvalue weighted by Gasteiger charge is -2.32. The molecule has 4 aromatic rings. The van der Waals surface area contributed by atoms with Gasteiger partial charge in [0, 0.05) is 53.1 Å². The molecule has 1 atom stereocenters. The van der Waals surface area contributed by atoms with Gasteiger partial charge in [0.15, 0.2) is 22.7 Å². The van der Waals surface area contributed by atoms with Crippen LogP contribution >= 0.6 is 11.3 Å². The van der Waals surface area contributed by atoms with Crippen molar-refractivity contribution in [2.24, 2.45) is 0 Å². The van der Waals surface area contributed by atoms with E-state index in [4.69, 9.17) is 19.2 Å². The van der Waals surface area contributed by atoms with Gasteiger partial charge in [-0.1, -0.05) is 25.1 Å². The van der Waals surface area contributed by atoms with Crippen LogP contribution in [-0.4, -0.2) is 59.7 Å². The van der Waals surface area contributed by atoms with Crippen LogP contribution in [0.25, 0.3) is 22.2 Å². The molecule has 0 spiro atoms. The third-order valence-electron chi connectivity index (χ3n) is 7.34. The molecular weight excluding hydrogens is 540 g/mol. The topological polar surface area (TPSA) is 103 Å². The Balaban J connectivity index is 1.36. The van der Waals surface area contributed by atoms with Crippen molar-refractivity contribution in [1.82, 2.24) is 14.9 Å². The zero-order chi connectivity index (χ0) is 29.1. The summed E-state index contributed by atoms with van der Waals surface area (Å²) in [5.74, 6) is 0.263. The van der Waals surface area contributed by atoms with Crippen LogP contribution in [0, 0.1) is 0 Å². The van der Waals surface area contributed by atoms with E-state index < -0.39 is 18.0 Å². The number of carbonyl (C=O) groups excluding carboxylic acids is 2. The summed E-state index contributed by atoms with van der Waals surface area (Å²) < 4.78 is 16.6. The Labute approximate surface area is 243 Å². The predicted molar refractivity (Wildman–Crippen MR) is 160 cm³/mol. The number of pyridine rings is 1. The van der Waals surface area contributed by atoms with Gasteiger partial charge in [0.05, 0.1) is 31.0 Å². The van der Waals surface area contributed by atoms with Crippen LogP contribution in [0.2, 0.25) is 0 Å². The zero-order valence-electron chi connectivity index (χ0n) is 23.9. The number of rotatable bonds is 9. The average Bonchev–Trinajstić information content (AvgIpc) is 3.45. The van der Waals surface area contributed by atoms with E-state index in [1.54, 1.807) is 20.3 Å². The monoisotopic (exact) mass is 574 g/mol. The molecular formula is C31H34N4O5S. The van der Waals surface area contributed by atoms with Crippen molar-refractivity contribution in [2.45, 2.75) is 52.3 Å². The molecule has 41 heavy (non-hydrogen) atoms. The van der Waals surface area contributed by atoms with E-state index in [1.807, 2.05) is 48.7 Å². The Morgan fingerprint density at radius 3 is 2.59 bits per heavy atom. The van der Waals surface area contributed by atoms with Crippen LogP contribution < -0.4 is 14.8 Å². The van der Waals surface area contributed by atoms with Crippen molar-refractivity contribution in [1.29, 1.82) is 0 Å². The summed E-state index contributed by atoms with van der Waals surface area (Å²) in [5, 5.41) is 5.82. The molecule has 0 aliphatic carbocycles. The van der Waals surface area contributed by atoms with Gasteiger partial charge in [-0.25, -0.2) is 9.78 Å². The second-order valence-corrected chi connectivity index (χ2v) is 11.0. The minimum absolute atomic E-state index is 0.314. The fourth-order valence-corrected chi connectivity index (χ4v) is 5.76. The number of aromatic nitrogens is 2. The normalized spacial score (nSPS) is 14.0. The molecule has 1 aliphatic heterocycles. The minimum atomic E-state index is -0.983. The molecule has 1 unspecified atom stereocenters. The number of nitrogens with zero attached hydrogens (tertiary/aromatic N) is 3. The summed E-state index contributed by atoms with van der Waals surface area (Å²) >= 11 is 1.29. The number of hydrogen-bond acceptors (Lipinski definition) is 9. The lowest BCUT2D eigenvalue weighted by atomic mass is 9.95. The van der Waals surface area contributed by atoms with E-state index in [-0.39, 0.29) is 0 Å². The Morgan fingerprint density at radius 1 is 1.07 bits per heavy atom. The first-order valence-corrected chi connectivity index (χ1v) is 14.5. The minimum Gasteiger partial charge on any atom is -0.493 e. The van der Waals surface area contributed by atoms with Gasteiger partial charge in [0.25, 0.3) is 5.91 Å². The first-order valence-electron chi connectivity index (χ1n) is 13.7. The smallest absolute Gasteiger partial charge is 0.340 e. The number of benzene rings is 2. The number of amides is 1. The molecule has 0 fully saturated rings. The number of anilines is 1. The molecule has 5 rings (SSSR count). The highest BCUT2D eigenvalue weighted by atomic mass is 32.1. The highest BCUT2D eigenvalue weighted by Crippen LogP contribution is 2.34. The molecule has 0 radical (unpaired) electrons. The van der Waals surface area contributed by atoms with Crippen molar-refractivity contribution >= 4 is 39.2 Å². The number of carbonyl (C=O) groups is 2. The highest BCUT2D eigenvalue weighted by molar-refractivity contribution is 7.14. The van der Waals surface area contributed by atoms with E-state index in [1.165, 1.54) is 11.3 Å². The maximum absolute atomic E-state index is 13.8. The summed E-state index contributed by atoms with van der Waals surface area (Å²) in [6.45, 7) is 7.59. The number of methoxy groups -OCH3 is 2. The van der Waals surface area contributed by atoms with Crippen LogP contribution in [0.4, 0.5) is 5.13 Å². The molecule has 10 heteroatoms. The maximum atomic E-state index is 13.8. The molecule has 2 aromatic carbocycles. The molecule has 0 bridgehead atoms. The van der Waals surface area contributed by atoms with Gasteiger partial charge in [0.2, 0.25) is 0 Å². The number of esters is 1. The number of fused-ring (bicyclic) bond motifs is 2. The first-order chi connectivity index (χ1) is 19.8. The number of nitrogens with one attached hydrogen (secondary N) is 1. The summed E-state index contributed by atoms with van der Waals surface area (Å²) in [4.78, 5) is 38.7. The van der Waals surface area contributed by atoms with Crippen LogP contribution in [-0.2, 0) is 22.5 Å².